The third-order valence-corrected chi connectivity index (χ3v) is 4.72. The third-order valence-electron chi connectivity index (χ3n) is 4.72. The van der Waals surface area contributed by atoms with E-state index in [1.165, 1.54) is 26.3 Å². The Kier molecular flexibility index (Phi) is 6.29. The van der Waals surface area contributed by atoms with Crippen LogP contribution in [0.5, 0.6) is 5.75 Å². The highest BCUT2D eigenvalue weighted by atomic mass is 19.1. The number of carbonyl (C=O) groups is 1. The molecule has 4 rings (SSSR count). The number of carbonyl (C=O) groups excluding carboxylic acids is 1. The number of amides is 1. The lowest BCUT2D eigenvalue weighted by Gasteiger charge is -2.33. The molecule has 2 atom stereocenters. The third kappa shape index (κ3) is 4.00. The number of nitrogens with zero attached hydrogens (tertiary/aromatic N) is 3. The summed E-state index contributed by atoms with van der Waals surface area (Å²) in [5, 5.41) is 7.38. The lowest BCUT2D eigenvalue weighted by atomic mass is 9.87. The number of allylic oxidation sites excluding steroid dienone is 1. The van der Waals surface area contributed by atoms with Crippen LogP contribution in [0.25, 0.3) is 0 Å². The zero-order valence-corrected chi connectivity index (χ0v) is 16.7. The maximum absolute atomic E-state index is 13.8. The average Bonchev–Trinajstić information content (AvgIpc) is 3.14. The summed E-state index contributed by atoms with van der Waals surface area (Å²) >= 11 is 0. The molecular formula is C22H24FN3O3. The van der Waals surface area contributed by atoms with E-state index >= 15 is 0 Å². The number of hydrogen-bond acceptors (Lipinski definition) is 5. The van der Waals surface area contributed by atoms with Gasteiger partial charge in [0.2, 0.25) is 0 Å². The zero-order valence-electron chi connectivity index (χ0n) is 16.7. The zero-order chi connectivity index (χ0) is 21.0. The Morgan fingerprint density at radius 1 is 1.34 bits per heavy atom. The van der Waals surface area contributed by atoms with Crippen LogP contribution < -0.4 is 9.75 Å². The smallest absolute Gasteiger partial charge is 0.294 e. The van der Waals surface area contributed by atoms with Crippen molar-refractivity contribution in [2.24, 2.45) is 5.10 Å². The molecule has 7 heteroatoms. The van der Waals surface area contributed by atoms with Crippen LogP contribution in [-0.2, 0) is 9.63 Å². The van der Waals surface area contributed by atoms with Crippen molar-refractivity contribution in [3.63, 3.8) is 0 Å². The molecule has 0 bridgehead atoms. The summed E-state index contributed by atoms with van der Waals surface area (Å²) in [7, 11) is 2.96. The van der Waals surface area contributed by atoms with Crippen molar-refractivity contribution in [3.8, 4) is 5.75 Å². The number of benzene rings is 2. The van der Waals surface area contributed by atoms with Crippen LogP contribution in [0.15, 0.2) is 66.3 Å². The molecule has 152 valence electrons. The highest BCUT2D eigenvalue weighted by molar-refractivity contribution is 6.41. The van der Waals surface area contributed by atoms with E-state index in [0.29, 0.717) is 23.8 Å². The molecule has 2 aromatic carbocycles. The van der Waals surface area contributed by atoms with Gasteiger partial charge in [0.15, 0.2) is 0 Å². The molecule has 0 saturated carbocycles. The Hall–Kier alpha value is -3.19. The van der Waals surface area contributed by atoms with Crippen molar-refractivity contribution in [1.29, 1.82) is 0 Å². The Morgan fingerprint density at radius 2 is 2.03 bits per heavy atom. The Balaban J connectivity index is 0.000000755. The van der Waals surface area contributed by atoms with E-state index in [-0.39, 0.29) is 23.7 Å². The van der Waals surface area contributed by atoms with Crippen LogP contribution in [0.2, 0.25) is 0 Å². The van der Waals surface area contributed by atoms with E-state index < -0.39 is 0 Å². The number of anilines is 1. The summed E-state index contributed by atoms with van der Waals surface area (Å²) in [5.41, 5.74) is 1.80. The fourth-order valence-electron chi connectivity index (χ4n) is 3.40. The van der Waals surface area contributed by atoms with E-state index in [9.17, 15) is 9.18 Å². The summed E-state index contributed by atoms with van der Waals surface area (Å²) in [6, 6.07) is 13.7. The molecule has 0 N–H and O–H groups in total. The second kappa shape index (κ2) is 8.87. The second-order valence-electron chi connectivity index (χ2n) is 6.60. The van der Waals surface area contributed by atoms with Gasteiger partial charge in [-0.1, -0.05) is 36.4 Å². The number of hydroxylamine groups is 2. The van der Waals surface area contributed by atoms with Gasteiger partial charge in [-0.15, -0.1) is 6.58 Å². The van der Waals surface area contributed by atoms with E-state index in [1.54, 1.807) is 17.2 Å². The minimum atomic E-state index is -0.381. The summed E-state index contributed by atoms with van der Waals surface area (Å²) < 4.78 is 19.6. The van der Waals surface area contributed by atoms with E-state index in [2.05, 4.69) is 11.7 Å². The van der Waals surface area contributed by atoms with Gasteiger partial charge in [0, 0.05) is 13.1 Å². The van der Waals surface area contributed by atoms with Crippen LogP contribution in [0.1, 0.15) is 18.4 Å². The highest BCUT2D eigenvalue weighted by Gasteiger charge is 2.46. The van der Waals surface area contributed by atoms with Crippen LogP contribution in [0.3, 0.4) is 0 Å². The van der Waals surface area contributed by atoms with Crippen molar-refractivity contribution in [3.05, 3.63) is 72.6 Å². The van der Waals surface area contributed by atoms with Crippen molar-refractivity contribution in [2.75, 3.05) is 25.8 Å². The fourth-order valence-corrected chi connectivity index (χ4v) is 3.40. The number of hydrogen-bond donors (Lipinski definition) is 0. The first kappa shape index (κ1) is 20.5. The van der Waals surface area contributed by atoms with Crippen LogP contribution in [0.4, 0.5) is 10.1 Å². The lowest BCUT2D eigenvalue weighted by Crippen LogP contribution is -2.42. The number of fused-ring (bicyclic) bond motifs is 3. The first-order valence-corrected chi connectivity index (χ1v) is 9.26. The van der Waals surface area contributed by atoms with Gasteiger partial charge in [0.25, 0.3) is 5.91 Å². The number of halogens is 1. The van der Waals surface area contributed by atoms with Crippen molar-refractivity contribution < 1.29 is 18.8 Å². The van der Waals surface area contributed by atoms with Crippen molar-refractivity contribution in [2.45, 2.75) is 18.9 Å². The molecule has 0 aromatic heterocycles. The van der Waals surface area contributed by atoms with E-state index in [4.69, 9.17) is 9.57 Å². The summed E-state index contributed by atoms with van der Waals surface area (Å²) in [6.45, 7) is 5.59. The predicted molar refractivity (Wildman–Crippen MR) is 110 cm³/mol. The predicted octanol–water partition coefficient (Wildman–Crippen LogP) is 3.76. The van der Waals surface area contributed by atoms with Gasteiger partial charge >= 0.3 is 0 Å². The first-order valence-electron chi connectivity index (χ1n) is 9.26. The quantitative estimate of drug-likeness (QED) is 0.585. The van der Waals surface area contributed by atoms with Gasteiger partial charge in [-0.3, -0.25) is 14.6 Å². The average molecular weight is 397 g/mol. The molecule has 2 aliphatic rings. The molecule has 1 amide bonds. The molecule has 0 spiro atoms. The summed E-state index contributed by atoms with van der Waals surface area (Å²) in [4.78, 5) is 17.9. The summed E-state index contributed by atoms with van der Waals surface area (Å²) in [6.07, 6.45) is 1.75. The molecule has 0 radical (unpaired) electrons. The molecule has 2 aliphatic heterocycles. The monoisotopic (exact) mass is 397 g/mol. The lowest BCUT2D eigenvalue weighted by molar-refractivity contribution is -0.160. The maximum atomic E-state index is 13.8. The minimum absolute atomic E-state index is 0.240. The van der Waals surface area contributed by atoms with E-state index in [0.717, 1.165) is 10.6 Å². The molecule has 0 saturated heterocycles. The molecular weight excluding hydrogens is 373 g/mol. The first-order chi connectivity index (χ1) is 14.0. The molecule has 29 heavy (non-hydrogen) atoms. The fraction of sp³-hybridized carbons (Fsp3) is 0.273. The Labute approximate surface area is 169 Å². The molecule has 0 aliphatic carbocycles. The number of hydrazone groups is 1. The van der Waals surface area contributed by atoms with Crippen LogP contribution in [0, 0.1) is 5.82 Å². The highest BCUT2D eigenvalue weighted by Crippen LogP contribution is 2.43. The largest absolute Gasteiger partial charge is 0.489 e. The Bertz CT molecular complexity index is 917. The SMILES string of the molecule is C=CC.CON(C)C(=O)C1=NN2c3cc(F)ccc3OCC2C1c1ccccc1. The van der Waals surface area contributed by atoms with Gasteiger partial charge in [0.1, 0.15) is 29.6 Å². The van der Waals surface area contributed by atoms with Crippen molar-refractivity contribution in [1.82, 2.24) is 5.06 Å². The van der Waals surface area contributed by atoms with E-state index in [1.807, 2.05) is 37.3 Å². The van der Waals surface area contributed by atoms with Crippen LogP contribution >= 0.6 is 0 Å². The molecule has 6 nitrogen and oxygen atoms in total. The molecule has 2 unspecified atom stereocenters. The summed E-state index contributed by atoms with van der Waals surface area (Å²) in [5.74, 6) is -0.480. The number of rotatable bonds is 3. The topological polar surface area (TPSA) is 54.4 Å². The number of ether oxygens (including phenoxy) is 1. The van der Waals surface area contributed by atoms with Crippen LogP contribution in [-0.4, -0.2) is 43.5 Å². The van der Waals surface area contributed by atoms with Gasteiger partial charge in [-0.2, -0.15) is 5.10 Å². The van der Waals surface area contributed by atoms with Gasteiger partial charge in [-0.05, 0) is 24.6 Å². The molecule has 2 heterocycles. The minimum Gasteiger partial charge on any atom is -0.489 e. The van der Waals surface area contributed by atoms with Crippen molar-refractivity contribution >= 4 is 17.3 Å². The second-order valence-corrected chi connectivity index (χ2v) is 6.60. The van der Waals surface area contributed by atoms with Gasteiger partial charge in [-0.25, -0.2) is 9.45 Å². The molecule has 2 aromatic rings. The normalized spacial score (nSPS) is 19.0. The maximum Gasteiger partial charge on any atom is 0.294 e. The van der Waals surface area contributed by atoms with Gasteiger partial charge < -0.3 is 4.74 Å². The van der Waals surface area contributed by atoms with Gasteiger partial charge in [0.05, 0.1) is 19.1 Å². The standard InChI is InChI=1S/C19H18FN3O3.C3H6/c1-22(25-2)19(24)18-17(12-6-4-3-5-7-12)15-11-26-16-9-8-13(20)10-14(16)23(15)21-18;1-3-2/h3-10,15,17H,11H2,1-2H3;3H,1H2,2H3. The molecule has 0 fully saturated rings. The Morgan fingerprint density at radius 3 is 2.69 bits per heavy atom.